The fourth-order valence-corrected chi connectivity index (χ4v) is 3.45. The smallest absolute Gasteiger partial charge is 0.231 e. The topological polar surface area (TPSA) is 18.5 Å². The second-order valence-corrected chi connectivity index (χ2v) is 6.38. The van der Waals surface area contributed by atoms with Gasteiger partial charge in [0.15, 0.2) is 11.5 Å². The van der Waals surface area contributed by atoms with Crippen molar-refractivity contribution >= 4 is 33.4 Å². The number of hydrogen-bond acceptors (Lipinski definition) is 2. The molecule has 2 nitrogen and oxygen atoms in total. The summed E-state index contributed by atoms with van der Waals surface area (Å²) in [5, 5.41) is 2.29. The van der Waals surface area contributed by atoms with Gasteiger partial charge in [-0.1, -0.05) is 35.9 Å². The van der Waals surface area contributed by atoms with Crippen molar-refractivity contribution in [1.29, 1.82) is 0 Å². The van der Waals surface area contributed by atoms with E-state index in [9.17, 15) is 0 Å². The number of benzene rings is 3. The average molecular weight is 388 g/mol. The third kappa shape index (κ3) is 2.16. The molecule has 3 aromatic rings. The fourth-order valence-electron chi connectivity index (χ4n) is 2.67. The Morgan fingerprint density at radius 1 is 0.952 bits per heavy atom. The van der Waals surface area contributed by atoms with Crippen LogP contribution in [-0.4, -0.2) is 6.79 Å². The first-order chi connectivity index (χ1) is 10.2. The van der Waals surface area contributed by atoms with Gasteiger partial charge >= 0.3 is 0 Å². The first-order valence-electron chi connectivity index (χ1n) is 6.81. The van der Waals surface area contributed by atoms with Crippen LogP contribution in [0.4, 0.5) is 0 Å². The summed E-state index contributed by atoms with van der Waals surface area (Å²) < 4.78 is 12.3. The van der Waals surface area contributed by atoms with Gasteiger partial charge in [-0.25, -0.2) is 0 Å². The highest BCUT2D eigenvalue weighted by Gasteiger charge is 2.17. The first kappa shape index (κ1) is 13.0. The Morgan fingerprint density at radius 3 is 2.57 bits per heavy atom. The van der Waals surface area contributed by atoms with Crippen molar-refractivity contribution in [3.8, 4) is 22.6 Å². The Labute approximate surface area is 136 Å². The van der Waals surface area contributed by atoms with Crippen molar-refractivity contribution in [2.75, 3.05) is 6.79 Å². The second-order valence-electron chi connectivity index (χ2n) is 5.22. The molecule has 0 bridgehead atoms. The Bertz CT molecular complexity index is 838. The van der Waals surface area contributed by atoms with Crippen molar-refractivity contribution in [3.05, 3.63) is 57.7 Å². The van der Waals surface area contributed by atoms with Crippen LogP contribution in [0, 0.1) is 10.5 Å². The lowest BCUT2D eigenvalue weighted by molar-refractivity contribution is 0.175. The molecule has 0 unspecified atom stereocenters. The molecule has 0 radical (unpaired) electrons. The van der Waals surface area contributed by atoms with E-state index in [2.05, 4.69) is 72.0 Å². The molecule has 0 saturated carbocycles. The highest BCUT2D eigenvalue weighted by Crippen LogP contribution is 2.41. The van der Waals surface area contributed by atoms with Gasteiger partial charge in [0.2, 0.25) is 6.79 Å². The summed E-state index contributed by atoms with van der Waals surface area (Å²) in [7, 11) is 0. The predicted molar refractivity (Wildman–Crippen MR) is 93.0 cm³/mol. The largest absolute Gasteiger partial charge is 0.454 e. The molecule has 0 fully saturated rings. The van der Waals surface area contributed by atoms with Gasteiger partial charge in [0.25, 0.3) is 0 Å². The fraction of sp³-hybridized carbons (Fsp3) is 0.111. The van der Waals surface area contributed by atoms with E-state index in [1.807, 2.05) is 6.07 Å². The van der Waals surface area contributed by atoms with Gasteiger partial charge in [-0.3, -0.25) is 0 Å². The summed E-state index contributed by atoms with van der Waals surface area (Å²) in [6, 6.07) is 17.1. The molecule has 3 heteroatoms. The third-order valence-corrected chi connectivity index (χ3v) is 4.69. The van der Waals surface area contributed by atoms with Crippen LogP contribution in [0.3, 0.4) is 0 Å². The SMILES string of the molecule is Cc1ccc(-c2cc3ccc4c(c3cc2I)OCO4)cc1. The van der Waals surface area contributed by atoms with E-state index < -0.39 is 0 Å². The molecular weight excluding hydrogens is 375 g/mol. The van der Waals surface area contributed by atoms with Crippen LogP contribution in [0.25, 0.3) is 21.9 Å². The first-order valence-corrected chi connectivity index (χ1v) is 7.89. The summed E-state index contributed by atoms with van der Waals surface area (Å²) in [6.07, 6.45) is 0. The Kier molecular flexibility index (Phi) is 3.03. The number of aryl methyl sites for hydroxylation is 1. The van der Waals surface area contributed by atoms with Gasteiger partial charge in [0.05, 0.1) is 0 Å². The lowest BCUT2D eigenvalue weighted by Gasteiger charge is -2.09. The Balaban J connectivity index is 1.94. The normalized spacial score (nSPS) is 12.9. The monoisotopic (exact) mass is 388 g/mol. The summed E-state index contributed by atoms with van der Waals surface area (Å²) in [5.41, 5.74) is 3.77. The number of hydrogen-bond donors (Lipinski definition) is 0. The zero-order valence-corrected chi connectivity index (χ0v) is 13.7. The van der Waals surface area contributed by atoms with E-state index in [0.717, 1.165) is 16.9 Å². The minimum atomic E-state index is 0.310. The van der Waals surface area contributed by atoms with Gasteiger partial charge in [0, 0.05) is 8.96 Å². The van der Waals surface area contributed by atoms with Crippen molar-refractivity contribution in [2.45, 2.75) is 6.92 Å². The Hall–Kier alpha value is -1.75. The zero-order chi connectivity index (χ0) is 14.4. The second kappa shape index (κ2) is 4.91. The molecule has 1 heterocycles. The summed E-state index contributed by atoms with van der Waals surface area (Å²) in [4.78, 5) is 0. The number of rotatable bonds is 1. The molecule has 0 saturated heterocycles. The van der Waals surface area contributed by atoms with Crippen molar-refractivity contribution < 1.29 is 9.47 Å². The highest BCUT2D eigenvalue weighted by atomic mass is 127. The average Bonchev–Trinajstić information content (AvgIpc) is 2.96. The van der Waals surface area contributed by atoms with Crippen LogP contribution in [0.5, 0.6) is 11.5 Å². The van der Waals surface area contributed by atoms with Crippen LogP contribution < -0.4 is 9.47 Å². The molecule has 0 aromatic heterocycles. The van der Waals surface area contributed by atoms with Crippen molar-refractivity contribution in [1.82, 2.24) is 0 Å². The molecule has 1 aliphatic rings. The highest BCUT2D eigenvalue weighted by molar-refractivity contribution is 14.1. The van der Waals surface area contributed by atoms with Crippen LogP contribution in [-0.2, 0) is 0 Å². The number of halogens is 1. The van der Waals surface area contributed by atoms with E-state index in [1.54, 1.807) is 0 Å². The minimum Gasteiger partial charge on any atom is -0.454 e. The number of ether oxygens (including phenoxy) is 2. The molecule has 0 atom stereocenters. The molecule has 3 aromatic carbocycles. The van der Waals surface area contributed by atoms with E-state index in [0.29, 0.717) is 6.79 Å². The maximum absolute atomic E-state index is 5.60. The molecule has 0 amide bonds. The van der Waals surface area contributed by atoms with Crippen LogP contribution in [0.1, 0.15) is 5.56 Å². The number of fused-ring (bicyclic) bond motifs is 3. The molecule has 4 rings (SSSR count). The molecule has 104 valence electrons. The van der Waals surface area contributed by atoms with Gasteiger partial charge in [-0.2, -0.15) is 0 Å². The third-order valence-electron chi connectivity index (χ3n) is 3.80. The molecule has 21 heavy (non-hydrogen) atoms. The van der Waals surface area contributed by atoms with Crippen molar-refractivity contribution in [2.24, 2.45) is 0 Å². The quantitative estimate of drug-likeness (QED) is 0.537. The molecule has 0 N–H and O–H groups in total. The van der Waals surface area contributed by atoms with E-state index >= 15 is 0 Å². The van der Waals surface area contributed by atoms with Crippen LogP contribution in [0.2, 0.25) is 0 Å². The van der Waals surface area contributed by atoms with Crippen molar-refractivity contribution in [3.63, 3.8) is 0 Å². The van der Waals surface area contributed by atoms with Crippen LogP contribution >= 0.6 is 22.6 Å². The van der Waals surface area contributed by atoms with E-state index in [4.69, 9.17) is 9.47 Å². The Morgan fingerprint density at radius 2 is 1.76 bits per heavy atom. The van der Waals surface area contributed by atoms with Gasteiger partial charge in [-0.05, 0) is 64.2 Å². The molecular formula is C18H13IO2. The van der Waals surface area contributed by atoms with Crippen LogP contribution in [0.15, 0.2) is 48.5 Å². The zero-order valence-electron chi connectivity index (χ0n) is 11.5. The van der Waals surface area contributed by atoms with E-state index in [1.165, 1.54) is 25.6 Å². The lowest BCUT2D eigenvalue weighted by Crippen LogP contribution is -1.93. The predicted octanol–water partition coefficient (Wildman–Crippen LogP) is 5.15. The van der Waals surface area contributed by atoms with Gasteiger partial charge < -0.3 is 9.47 Å². The minimum absolute atomic E-state index is 0.310. The maximum atomic E-state index is 5.60. The molecule has 1 aliphatic heterocycles. The van der Waals surface area contributed by atoms with E-state index in [-0.39, 0.29) is 0 Å². The lowest BCUT2D eigenvalue weighted by atomic mass is 10.00. The van der Waals surface area contributed by atoms with Gasteiger partial charge in [-0.15, -0.1) is 0 Å². The standard InChI is InChI=1S/C18H13IO2/c1-11-2-4-12(5-3-11)14-8-13-6-7-17-18(21-10-20-17)15(13)9-16(14)19/h2-9H,10H2,1H3. The summed E-state index contributed by atoms with van der Waals surface area (Å²) in [6.45, 7) is 2.42. The summed E-state index contributed by atoms with van der Waals surface area (Å²) in [5.74, 6) is 1.70. The van der Waals surface area contributed by atoms with Gasteiger partial charge in [0.1, 0.15) is 0 Å². The maximum Gasteiger partial charge on any atom is 0.231 e. The summed E-state index contributed by atoms with van der Waals surface area (Å²) >= 11 is 2.39. The molecule has 0 aliphatic carbocycles. The molecule has 0 spiro atoms.